The lowest BCUT2D eigenvalue weighted by atomic mass is 10.00. The van der Waals surface area contributed by atoms with E-state index < -0.39 is 15.8 Å². The number of benzene rings is 3. The van der Waals surface area contributed by atoms with Gasteiger partial charge in [-0.3, -0.25) is 25.0 Å². The SMILES string of the molecule is O=C1/C(=C/c2ccc([N+](=O)[O-])cc2)C(c2ccccc2)=NN1c1ccc([N+](=O)[O-])cc1. The fraction of sp³-hybridized carbons (Fsp3) is 0. The third kappa shape index (κ3) is 3.92. The van der Waals surface area contributed by atoms with Crippen LogP contribution in [0.15, 0.2) is 89.5 Å². The van der Waals surface area contributed by atoms with Crippen molar-refractivity contribution in [1.29, 1.82) is 0 Å². The fourth-order valence-electron chi connectivity index (χ4n) is 3.10. The molecule has 3 aromatic carbocycles. The van der Waals surface area contributed by atoms with Crippen LogP contribution in [0.25, 0.3) is 6.08 Å². The van der Waals surface area contributed by atoms with Crippen LogP contribution < -0.4 is 5.01 Å². The van der Waals surface area contributed by atoms with Crippen LogP contribution in [0.3, 0.4) is 0 Å². The zero-order valence-corrected chi connectivity index (χ0v) is 15.9. The average molecular weight is 414 g/mol. The molecule has 4 rings (SSSR count). The van der Waals surface area contributed by atoms with Gasteiger partial charge in [0, 0.05) is 29.8 Å². The van der Waals surface area contributed by atoms with Gasteiger partial charge in [0.1, 0.15) is 5.71 Å². The van der Waals surface area contributed by atoms with E-state index in [0.29, 0.717) is 28.1 Å². The van der Waals surface area contributed by atoms with E-state index >= 15 is 0 Å². The number of nitro groups is 2. The third-order valence-corrected chi connectivity index (χ3v) is 4.65. The number of nitro benzene ring substituents is 2. The normalized spacial score (nSPS) is 14.6. The van der Waals surface area contributed by atoms with Gasteiger partial charge in [-0.1, -0.05) is 30.3 Å². The summed E-state index contributed by atoms with van der Waals surface area (Å²) in [5, 5.41) is 27.4. The van der Waals surface area contributed by atoms with Gasteiger partial charge in [0.25, 0.3) is 17.3 Å². The Balaban J connectivity index is 1.76. The topological polar surface area (TPSA) is 119 Å². The molecule has 0 saturated heterocycles. The minimum Gasteiger partial charge on any atom is -0.267 e. The van der Waals surface area contributed by atoms with Crippen LogP contribution in [-0.4, -0.2) is 21.5 Å². The van der Waals surface area contributed by atoms with Crippen LogP contribution in [0.2, 0.25) is 0 Å². The molecule has 3 aromatic rings. The number of hydrazone groups is 1. The Labute approximate surface area is 175 Å². The predicted octanol–water partition coefficient (Wildman–Crippen LogP) is 4.34. The van der Waals surface area contributed by atoms with E-state index in [2.05, 4.69) is 5.10 Å². The molecule has 0 aromatic heterocycles. The van der Waals surface area contributed by atoms with Gasteiger partial charge in [0.05, 0.1) is 21.1 Å². The number of nitrogens with zero attached hydrogens (tertiary/aromatic N) is 4. The van der Waals surface area contributed by atoms with Crippen molar-refractivity contribution in [2.45, 2.75) is 0 Å². The Morgan fingerprint density at radius 1 is 0.774 bits per heavy atom. The standard InChI is InChI=1S/C22H14N4O5/c27-22-20(14-15-6-8-18(9-7-15)25(28)29)21(16-4-2-1-3-5-16)23-24(22)17-10-12-19(13-11-17)26(30)31/h1-14H/b20-14+. The average Bonchev–Trinajstić information content (AvgIpc) is 3.11. The van der Waals surface area contributed by atoms with Crippen LogP contribution in [0.4, 0.5) is 17.1 Å². The molecular formula is C22H14N4O5. The summed E-state index contributed by atoms with van der Waals surface area (Å²) in [6.45, 7) is 0. The van der Waals surface area contributed by atoms with E-state index in [4.69, 9.17) is 0 Å². The second kappa shape index (κ2) is 7.99. The van der Waals surface area contributed by atoms with Crippen LogP contribution in [0.1, 0.15) is 11.1 Å². The van der Waals surface area contributed by atoms with Crippen LogP contribution in [0.5, 0.6) is 0 Å². The Morgan fingerprint density at radius 3 is 1.87 bits per heavy atom. The molecule has 0 saturated carbocycles. The highest BCUT2D eigenvalue weighted by Crippen LogP contribution is 2.29. The van der Waals surface area contributed by atoms with E-state index in [9.17, 15) is 25.0 Å². The maximum absolute atomic E-state index is 13.2. The number of amides is 1. The lowest BCUT2D eigenvalue weighted by molar-refractivity contribution is -0.385. The summed E-state index contributed by atoms with van der Waals surface area (Å²) in [6, 6.07) is 20.5. The van der Waals surface area contributed by atoms with Crippen LogP contribution in [0, 0.1) is 20.2 Å². The number of hydrogen-bond acceptors (Lipinski definition) is 6. The maximum Gasteiger partial charge on any atom is 0.281 e. The van der Waals surface area contributed by atoms with E-state index in [-0.39, 0.29) is 11.4 Å². The monoisotopic (exact) mass is 414 g/mol. The Morgan fingerprint density at radius 2 is 1.32 bits per heavy atom. The zero-order valence-electron chi connectivity index (χ0n) is 15.9. The van der Waals surface area contributed by atoms with Crippen molar-refractivity contribution in [3.63, 3.8) is 0 Å². The second-order valence-electron chi connectivity index (χ2n) is 6.61. The summed E-state index contributed by atoms with van der Waals surface area (Å²) < 4.78 is 0. The molecule has 152 valence electrons. The van der Waals surface area contributed by atoms with Crippen molar-refractivity contribution in [2.75, 3.05) is 5.01 Å². The summed E-state index contributed by atoms with van der Waals surface area (Å²) in [5.41, 5.74) is 2.29. The maximum atomic E-state index is 13.2. The molecule has 0 fully saturated rings. The molecule has 1 heterocycles. The first-order chi connectivity index (χ1) is 14.9. The molecule has 0 bridgehead atoms. The number of carbonyl (C=O) groups excluding carboxylic acids is 1. The molecule has 1 aliphatic rings. The number of carbonyl (C=O) groups is 1. The van der Waals surface area contributed by atoms with Crippen molar-refractivity contribution in [3.8, 4) is 0 Å². The summed E-state index contributed by atoms with van der Waals surface area (Å²) in [6.07, 6.45) is 1.61. The molecule has 0 aliphatic carbocycles. The first kappa shape index (κ1) is 19.6. The van der Waals surface area contributed by atoms with Crippen LogP contribution in [-0.2, 0) is 4.79 Å². The molecule has 0 spiro atoms. The van der Waals surface area contributed by atoms with Gasteiger partial charge < -0.3 is 0 Å². The highest BCUT2D eigenvalue weighted by molar-refractivity contribution is 6.37. The van der Waals surface area contributed by atoms with Crippen molar-refractivity contribution in [3.05, 3.63) is 116 Å². The van der Waals surface area contributed by atoms with Crippen molar-refractivity contribution in [2.24, 2.45) is 5.10 Å². The molecule has 1 amide bonds. The quantitative estimate of drug-likeness (QED) is 0.349. The Kier molecular flexibility index (Phi) is 5.07. The second-order valence-corrected chi connectivity index (χ2v) is 6.61. The lowest BCUT2D eigenvalue weighted by Gasteiger charge is -2.11. The Bertz CT molecular complexity index is 1230. The first-order valence-corrected chi connectivity index (χ1v) is 9.13. The molecular weight excluding hydrogens is 400 g/mol. The molecule has 0 N–H and O–H groups in total. The fourth-order valence-corrected chi connectivity index (χ4v) is 3.10. The van der Waals surface area contributed by atoms with Gasteiger partial charge in [-0.15, -0.1) is 0 Å². The van der Waals surface area contributed by atoms with E-state index in [1.165, 1.54) is 41.4 Å². The predicted molar refractivity (Wildman–Crippen MR) is 115 cm³/mol. The van der Waals surface area contributed by atoms with E-state index in [1.807, 2.05) is 30.3 Å². The smallest absolute Gasteiger partial charge is 0.267 e. The number of rotatable bonds is 5. The first-order valence-electron chi connectivity index (χ1n) is 9.13. The summed E-state index contributed by atoms with van der Waals surface area (Å²) in [5.74, 6) is -0.411. The molecule has 0 unspecified atom stereocenters. The van der Waals surface area contributed by atoms with Gasteiger partial charge >= 0.3 is 0 Å². The van der Waals surface area contributed by atoms with Crippen molar-refractivity contribution in [1.82, 2.24) is 0 Å². The number of hydrogen-bond donors (Lipinski definition) is 0. The van der Waals surface area contributed by atoms with E-state index in [0.717, 1.165) is 0 Å². The van der Waals surface area contributed by atoms with Gasteiger partial charge in [-0.05, 0) is 35.9 Å². The van der Waals surface area contributed by atoms with Crippen molar-refractivity contribution >= 4 is 34.8 Å². The lowest BCUT2D eigenvalue weighted by Crippen LogP contribution is -2.21. The Hall–Kier alpha value is -4.66. The summed E-state index contributed by atoms with van der Waals surface area (Å²) >= 11 is 0. The number of anilines is 1. The molecule has 31 heavy (non-hydrogen) atoms. The van der Waals surface area contributed by atoms with Crippen molar-refractivity contribution < 1.29 is 14.6 Å². The molecule has 0 radical (unpaired) electrons. The molecule has 9 nitrogen and oxygen atoms in total. The zero-order chi connectivity index (χ0) is 22.0. The highest BCUT2D eigenvalue weighted by atomic mass is 16.6. The highest BCUT2D eigenvalue weighted by Gasteiger charge is 2.32. The number of non-ortho nitro benzene ring substituents is 2. The van der Waals surface area contributed by atoms with Gasteiger partial charge in [0.2, 0.25) is 0 Å². The largest absolute Gasteiger partial charge is 0.281 e. The summed E-state index contributed by atoms with van der Waals surface area (Å²) in [7, 11) is 0. The third-order valence-electron chi connectivity index (χ3n) is 4.65. The minimum absolute atomic E-state index is 0.0515. The van der Waals surface area contributed by atoms with Gasteiger partial charge in [-0.2, -0.15) is 10.1 Å². The summed E-state index contributed by atoms with van der Waals surface area (Å²) in [4.78, 5) is 34.0. The molecule has 0 atom stereocenters. The van der Waals surface area contributed by atoms with Gasteiger partial charge in [0.15, 0.2) is 0 Å². The van der Waals surface area contributed by atoms with Gasteiger partial charge in [-0.25, -0.2) is 0 Å². The molecule has 9 heteroatoms. The van der Waals surface area contributed by atoms with Crippen LogP contribution >= 0.6 is 0 Å². The van der Waals surface area contributed by atoms with E-state index in [1.54, 1.807) is 18.2 Å². The molecule has 1 aliphatic heterocycles. The minimum atomic E-state index is -0.520.